The maximum atomic E-state index is 12.6. The molecule has 5 nitrogen and oxygen atoms in total. The number of rotatable bonds is 5. The molecule has 0 aliphatic heterocycles. The van der Waals surface area contributed by atoms with E-state index < -0.39 is 10.0 Å². The second kappa shape index (κ2) is 7.63. The summed E-state index contributed by atoms with van der Waals surface area (Å²) < 4.78 is 27.8. The number of hydrogen-bond donors (Lipinski definition) is 2. The van der Waals surface area contributed by atoms with E-state index in [2.05, 4.69) is 10.0 Å². The molecular weight excluding hydrogens is 360 g/mol. The maximum Gasteiger partial charge on any atom is 0.261 e. The predicted molar refractivity (Wildman–Crippen MR) is 108 cm³/mol. The van der Waals surface area contributed by atoms with E-state index in [1.54, 1.807) is 18.2 Å². The van der Waals surface area contributed by atoms with Crippen LogP contribution in [0.2, 0.25) is 0 Å². The first-order valence-corrected chi connectivity index (χ1v) is 9.90. The molecule has 0 unspecified atom stereocenters. The highest BCUT2D eigenvalue weighted by Gasteiger charge is 2.16. The number of amides is 1. The highest BCUT2D eigenvalue weighted by atomic mass is 32.2. The maximum absolute atomic E-state index is 12.6. The van der Waals surface area contributed by atoms with Crippen molar-refractivity contribution in [3.05, 3.63) is 89.5 Å². The van der Waals surface area contributed by atoms with E-state index in [4.69, 9.17) is 0 Å². The smallest absolute Gasteiger partial charge is 0.261 e. The van der Waals surface area contributed by atoms with E-state index in [9.17, 15) is 13.2 Å². The summed E-state index contributed by atoms with van der Waals surface area (Å²) in [6, 6.07) is 20.4. The third-order valence-electron chi connectivity index (χ3n) is 4.08. The van der Waals surface area contributed by atoms with Crippen LogP contribution in [0.4, 0.5) is 11.4 Å². The summed E-state index contributed by atoms with van der Waals surface area (Å²) in [5, 5.41) is 2.76. The lowest BCUT2D eigenvalue weighted by Gasteiger charge is -2.12. The van der Waals surface area contributed by atoms with Gasteiger partial charge in [0.05, 0.1) is 10.6 Å². The lowest BCUT2D eigenvalue weighted by Crippen LogP contribution is -2.15. The number of aryl methyl sites for hydroxylation is 2. The average Bonchev–Trinajstić information content (AvgIpc) is 2.65. The largest absolute Gasteiger partial charge is 0.322 e. The van der Waals surface area contributed by atoms with Crippen LogP contribution in [0, 0.1) is 13.8 Å². The van der Waals surface area contributed by atoms with Crippen LogP contribution in [-0.2, 0) is 10.0 Å². The number of carbonyl (C=O) groups excluding carboxylic acids is 1. The molecule has 0 fully saturated rings. The van der Waals surface area contributed by atoms with E-state index in [1.165, 1.54) is 24.3 Å². The van der Waals surface area contributed by atoms with Crippen molar-refractivity contribution >= 4 is 27.3 Å². The molecule has 0 aliphatic rings. The molecule has 0 radical (unpaired) electrons. The molecule has 6 heteroatoms. The van der Waals surface area contributed by atoms with E-state index in [-0.39, 0.29) is 10.8 Å². The lowest BCUT2D eigenvalue weighted by atomic mass is 10.1. The van der Waals surface area contributed by atoms with E-state index in [1.807, 2.05) is 44.2 Å². The van der Waals surface area contributed by atoms with Gasteiger partial charge in [-0.2, -0.15) is 0 Å². The summed E-state index contributed by atoms with van der Waals surface area (Å²) >= 11 is 0. The molecule has 0 saturated carbocycles. The van der Waals surface area contributed by atoms with E-state index >= 15 is 0 Å². The fourth-order valence-corrected chi connectivity index (χ4v) is 3.77. The molecule has 0 atom stereocenters. The van der Waals surface area contributed by atoms with Gasteiger partial charge in [0.2, 0.25) is 0 Å². The van der Waals surface area contributed by atoms with Crippen LogP contribution in [0.15, 0.2) is 77.7 Å². The Hall–Kier alpha value is -3.12. The topological polar surface area (TPSA) is 75.3 Å². The number of hydrogen-bond acceptors (Lipinski definition) is 3. The summed E-state index contributed by atoms with van der Waals surface area (Å²) in [6.07, 6.45) is 0. The summed E-state index contributed by atoms with van der Waals surface area (Å²) in [7, 11) is -3.73. The molecule has 2 N–H and O–H groups in total. The second-order valence-electron chi connectivity index (χ2n) is 6.27. The Morgan fingerprint density at radius 1 is 0.852 bits per heavy atom. The van der Waals surface area contributed by atoms with Crippen LogP contribution in [-0.4, -0.2) is 14.3 Å². The zero-order chi connectivity index (χ0) is 19.4. The summed E-state index contributed by atoms with van der Waals surface area (Å²) in [4.78, 5) is 12.4. The molecule has 0 saturated heterocycles. The van der Waals surface area contributed by atoms with Gasteiger partial charge in [-0.25, -0.2) is 8.42 Å². The highest BCUT2D eigenvalue weighted by Crippen LogP contribution is 2.21. The van der Waals surface area contributed by atoms with Gasteiger partial charge >= 0.3 is 0 Å². The number of benzene rings is 3. The number of para-hydroxylation sites is 1. The minimum Gasteiger partial charge on any atom is -0.322 e. The number of anilines is 2. The number of nitrogens with one attached hydrogen (secondary N) is 2. The Kier molecular flexibility index (Phi) is 5.28. The Bertz CT molecular complexity index is 1060. The number of sulfonamides is 1. The first kappa shape index (κ1) is 18.7. The van der Waals surface area contributed by atoms with Crippen molar-refractivity contribution in [2.75, 3.05) is 10.0 Å². The lowest BCUT2D eigenvalue weighted by molar-refractivity contribution is 0.102. The van der Waals surface area contributed by atoms with Gasteiger partial charge in [0, 0.05) is 11.3 Å². The Morgan fingerprint density at radius 3 is 2.15 bits per heavy atom. The zero-order valence-corrected chi connectivity index (χ0v) is 15.9. The third kappa shape index (κ3) is 4.54. The van der Waals surface area contributed by atoms with Crippen molar-refractivity contribution < 1.29 is 13.2 Å². The quantitative estimate of drug-likeness (QED) is 0.691. The highest BCUT2D eigenvalue weighted by molar-refractivity contribution is 7.92. The first-order valence-electron chi connectivity index (χ1n) is 8.42. The van der Waals surface area contributed by atoms with Gasteiger partial charge in [-0.3, -0.25) is 9.52 Å². The van der Waals surface area contributed by atoms with Gasteiger partial charge in [0.1, 0.15) is 0 Å². The van der Waals surface area contributed by atoms with Gasteiger partial charge in [-0.1, -0.05) is 35.9 Å². The zero-order valence-electron chi connectivity index (χ0n) is 15.1. The molecule has 1 amide bonds. The van der Waals surface area contributed by atoms with Gasteiger partial charge in [0.15, 0.2) is 0 Å². The average molecular weight is 380 g/mol. The van der Waals surface area contributed by atoms with Crippen LogP contribution in [0.5, 0.6) is 0 Å². The summed E-state index contributed by atoms with van der Waals surface area (Å²) in [5.74, 6) is -0.299. The molecule has 0 heterocycles. The number of carbonyl (C=O) groups is 1. The van der Waals surface area contributed by atoms with Gasteiger partial charge < -0.3 is 5.32 Å². The third-order valence-corrected chi connectivity index (χ3v) is 5.47. The monoisotopic (exact) mass is 380 g/mol. The van der Waals surface area contributed by atoms with Crippen LogP contribution in [0.3, 0.4) is 0 Å². The Balaban J connectivity index is 1.76. The molecule has 0 spiro atoms. The molecule has 0 aliphatic carbocycles. The summed E-state index contributed by atoms with van der Waals surface area (Å²) in [6.45, 7) is 3.80. The molecule has 0 bridgehead atoms. The van der Waals surface area contributed by atoms with Gasteiger partial charge in [-0.05, 0) is 61.9 Å². The molecule has 3 rings (SSSR count). The van der Waals surface area contributed by atoms with Crippen molar-refractivity contribution in [1.29, 1.82) is 0 Å². The van der Waals surface area contributed by atoms with Gasteiger partial charge in [-0.15, -0.1) is 0 Å². The normalized spacial score (nSPS) is 11.0. The van der Waals surface area contributed by atoms with Crippen molar-refractivity contribution in [1.82, 2.24) is 0 Å². The second-order valence-corrected chi connectivity index (χ2v) is 7.95. The van der Waals surface area contributed by atoms with Crippen LogP contribution < -0.4 is 10.0 Å². The van der Waals surface area contributed by atoms with Crippen molar-refractivity contribution in [3.63, 3.8) is 0 Å². The standard InChI is InChI=1S/C21H20N2O3S/c1-15-8-13-20(16(2)14-15)23-27(25,26)19-11-9-17(10-12-19)21(24)22-18-6-4-3-5-7-18/h3-14,23H,1-2H3,(H,22,24). The van der Waals surface area contributed by atoms with Crippen LogP contribution in [0.1, 0.15) is 21.5 Å². The SMILES string of the molecule is Cc1ccc(NS(=O)(=O)c2ccc(C(=O)Nc3ccccc3)cc2)c(C)c1. The molecule has 27 heavy (non-hydrogen) atoms. The van der Waals surface area contributed by atoms with Crippen LogP contribution >= 0.6 is 0 Å². The van der Waals surface area contributed by atoms with Crippen molar-refractivity contribution in [2.45, 2.75) is 18.7 Å². The van der Waals surface area contributed by atoms with Crippen LogP contribution in [0.25, 0.3) is 0 Å². The fraction of sp³-hybridized carbons (Fsp3) is 0.0952. The van der Waals surface area contributed by atoms with E-state index in [0.717, 1.165) is 11.1 Å². The predicted octanol–water partition coefficient (Wildman–Crippen LogP) is 4.36. The van der Waals surface area contributed by atoms with Crippen molar-refractivity contribution in [2.24, 2.45) is 0 Å². The van der Waals surface area contributed by atoms with E-state index in [0.29, 0.717) is 16.9 Å². The van der Waals surface area contributed by atoms with Gasteiger partial charge in [0.25, 0.3) is 15.9 Å². The fourth-order valence-electron chi connectivity index (χ4n) is 2.64. The first-order chi connectivity index (χ1) is 12.8. The Morgan fingerprint density at radius 2 is 1.52 bits per heavy atom. The minimum atomic E-state index is -3.73. The molecule has 3 aromatic carbocycles. The minimum absolute atomic E-state index is 0.0961. The molecule has 138 valence electrons. The molecular formula is C21H20N2O3S. The van der Waals surface area contributed by atoms with Crippen molar-refractivity contribution in [3.8, 4) is 0 Å². The summed E-state index contributed by atoms with van der Waals surface area (Å²) in [5.41, 5.74) is 3.49. The Labute approximate surface area is 159 Å². The molecule has 3 aromatic rings. The molecule has 0 aromatic heterocycles.